The summed E-state index contributed by atoms with van der Waals surface area (Å²) in [7, 11) is 3.39. The van der Waals surface area contributed by atoms with Crippen LogP contribution in [0.1, 0.15) is 12.8 Å². The van der Waals surface area contributed by atoms with Crippen molar-refractivity contribution in [1.82, 2.24) is 15.5 Å². The zero-order valence-electron chi connectivity index (χ0n) is 17.4. The molecule has 0 aliphatic carbocycles. The van der Waals surface area contributed by atoms with Crippen LogP contribution in [0.2, 0.25) is 0 Å². The molecule has 0 saturated carbocycles. The summed E-state index contributed by atoms with van der Waals surface area (Å²) in [5, 5.41) is 6.73. The van der Waals surface area contributed by atoms with Crippen molar-refractivity contribution in [3.05, 3.63) is 24.3 Å². The molecule has 1 aromatic rings. The fraction of sp³-hybridized carbons (Fsp3) is 0.650. The van der Waals surface area contributed by atoms with E-state index in [1.54, 1.807) is 14.2 Å². The van der Waals surface area contributed by atoms with Gasteiger partial charge in [0.1, 0.15) is 5.75 Å². The number of nitrogens with one attached hydrogen (secondary N) is 2. The second-order valence-corrected chi connectivity index (χ2v) is 7.71. The Labute approximate surface area is 193 Å². The van der Waals surface area contributed by atoms with E-state index < -0.39 is 12.7 Å². The third-order valence-corrected chi connectivity index (χ3v) is 5.51. The fourth-order valence-corrected chi connectivity index (χ4v) is 4.09. The summed E-state index contributed by atoms with van der Waals surface area (Å²) >= 11 is 0. The number of alkyl halides is 3. The molecule has 2 saturated heterocycles. The number of hydrogen-bond acceptors (Lipinski definition) is 4. The Morgan fingerprint density at radius 1 is 1.20 bits per heavy atom. The maximum Gasteiger partial charge on any atom is 0.401 e. The summed E-state index contributed by atoms with van der Waals surface area (Å²) < 4.78 is 43.1. The average molecular weight is 541 g/mol. The van der Waals surface area contributed by atoms with Gasteiger partial charge in [-0.05, 0) is 37.4 Å². The second kappa shape index (κ2) is 11.3. The predicted molar refractivity (Wildman–Crippen MR) is 124 cm³/mol. The Morgan fingerprint density at radius 2 is 1.97 bits per heavy atom. The van der Waals surface area contributed by atoms with Crippen LogP contribution in [-0.2, 0) is 0 Å². The first-order chi connectivity index (χ1) is 13.9. The Kier molecular flexibility index (Phi) is 9.32. The number of anilines is 1. The topological polar surface area (TPSA) is 52.1 Å². The predicted octanol–water partition coefficient (Wildman–Crippen LogP) is 2.94. The monoisotopic (exact) mass is 541 g/mol. The van der Waals surface area contributed by atoms with Gasteiger partial charge in [-0.15, -0.1) is 24.0 Å². The van der Waals surface area contributed by atoms with Crippen LogP contribution in [0, 0.1) is 5.92 Å². The number of benzene rings is 1. The lowest BCUT2D eigenvalue weighted by molar-refractivity contribution is -0.143. The van der Waals surface area contributed by atoms with Gasteiger partial charge in [0.25, 0.3) is 0 Å². The third kappa shape index (κ3) is 7.07. The molecule has 0 spiro atoms. The minimum absolute atomic E-state index is 0. The molecule has 2 aliphatic rings. The van der Waals surface area contributed by atoms with Gasteiger partial charge in [-0.1, -0.05) is 12.1 Å². The molecular formula is C20H31F3IN5O. The van der Waals surface area contributed by atoms with Gasteiger partial charge in [-0.2, -0.15) is 13.2 Å². The van der Waals surface area contributed by atoms with Crippen LogP contribution in [0.5, 0.6) is 5.75 Å². The SMILES string of the molecule is CN=C(NCC1CCN(CC(F)(F)F)C1)NC1CCN(c2ccccc2OC)C1.I. The van der Waals surface area contributed by atoms with Crippen molar-refractivity contribution >= 4 is 35.6 Å². The highest BCUT2D eigenvalue weighted by molar-refractivity contribution is 14.0. The first-order valence-corrected chi connectivity index (χ1v) is 10.0. The van der Waals surface area contributed by atoms with Crippen LogP contribution in [0.25, 0.3) is 0 Å². The van der Waals surface area contributed by atoms with Gasteiger partial charge in [0.15, 0.2) is 5.96 Å². The molecule has 2 fully saturated rings. The average Bonchev–Trinajstić information content (AvgIpc) is 3.33. The van der Waals surface area contributed by atoms with Crippen molar-refractivity contribution in [2.24, 2.45) is 10.9 Å². The number of methoxy groups -OCH3 is 1. The number of hydrogen-bond donors (Lipinski definition) is 2. The molecule has 2 heterocycles. The van der Waals surface area contributed by atoms with E-state index in [0.29, 0.717) is 25.6 Å². The van der Waals surface area contributed by atoms with E-state index in [1.807, 2.05) is 18.2 Å². The second-order valence-electron chi connectivity index (χ2n) is 7.71. The molecule has 1 aromatic carbocycles. The van der Waals surface area contributed by atoms with Gasteiger partial charge in [0.2, 0.25) is 0 Å². The molecule has 0 bridgehead atoms. The van der Waals surface area contributed by atoms with Crippen LogP contribution in [0.4, 0.5) is 18.9 Å². The molecule has 0 amide bonds. The number of guanidine groups is 1. The van der Waals surface area contributed by atoms with Gasteiger partial charge >= 0.3 is 6.18 Å². The van der Waals surface area contributed by atoms with Crippen molar-refractivity contribution in [2.45, 2.75) is 25.1 Å². The zero-order chi connectivity index (χ0) is 20.9. The Hall–Kier alpha value is -1.43. The number of ether oxygens (including phenoxy) is 1. The van der Waals surface area contributed by atoms with Gasteiger partial charge in [-0.25, -0.2) is 0 Å². The zero-order valence-corrected chi connectivity index (χ0v) is 19.7. The maximum absolute atomic E-state index is 12.5. The number of nitrogens with zero attached hydrogens (tertiary/aromatic N) is 3. The lowest BCUT2D eigenvalue weighted by atomic mass is 10.1. The normalized spacial score (nSPS) is 22.7. The quantitative estimate of drug-likeness (QED) is 0.330. The Balaban J connectivity index is 0.00000320. The third-order valence-electron chi connectivity index (χ3n) is 5.51. The van der Waals surface area contributed by atoms with Gasteiger partial charge in [0.05, 0.1) is 19.3 Å². The van der Waals surface area contributed by atoms with Crippen molar-refractivity contribution in [2.75, 3.05) is 58.3 Å². The molecule has 2 aliphatic heterocycles. The highest BCUT2D eigenvalue weighted by Crippen LogP contribution is 2.30. The molecule has 0 aromatic heterocycles. The maximum atomic E-state index is 12.5. The minimum Gasteiger partial charge on any atom is -0.495 e. The highest BCUT2D eigenvalue weighted by atomic mass is 127. The highest BCUT2D eigenvalue weighted by Gasteiger charge is 2.34. The molecule has 0 radical (unpaired) electrons. The van der Waals surface area contributed by atoms with E-state index in [1.165, 1.54) is 4.90 Å². The summed E-state index contributed by atoms with van der Waals surface area (Å²) in [6, 6.07) is 8.22. The van der Waals surface area contributed by atoms with Crippen molar-refractivity contribution in [3.8, 4) is 5.75 Å². The van der Waals surface area contributed by atoms with Crippen LogP contribution >= 0.6 is 24.0 Å². The smallest absolute Gasteiger partial charge is 0.401 e. The molecule has 2 unspecified atom stereocenters. The summed E-state index contributed by atoms with van der Waals surface area (Å²) in [5.41, 5.74) is 1.08. The summed E-state index contributed by atoms with van der Waals surface area (Å²) in [6.45, 7) is 2.52. The summed E-state index contributed by atoms with van der Waals surface area (Å²) in [6.07, 6.45) is -2.39. The van der Waals surface area contributed by atoms with Crippen LogP contribution < -0.4 is 20.3 Å². The molecule has 6 nitrogen and oxygen atoms in total. The molecule has 30 heavy (non-hydrogen) atoms. The molecule has 3 rings (SSSR count). The van der Waals surface area contributed by atoms with Crippen LogP contribution in [0.3, 0.4) is 0 Å². The number of rotatable bonds is 6. The van der Waals surface area contributed by atoms with E-state index in [9.17, 15) is 13.2 Å². The van der Waals surface area contributed by atoms with E-state index in [4.69, 9.17) is 4.74 Å². The van der Waals surface area contributed by atoms with Gasteiger partial charge < -0.3 is 20.3 Å². The molecule has 2 N–H and O–H groups in total. The number of aliphatic imine (C=N–C) groups is 1. The molecule has 170 valence electrons. The Bertz CT molecular complexity index is 703. The Morgan fingerprint density at radius 3 is 2.67 bits per heavy atom. The van der Waals surface area contributed by atoms with E-state index >= 15 is 0 Å². The van der Waals surface area contributed by atoms with Crippen molar-refractivity contribution in [3.63, 3.8) is 0 Å². The van der Waals surface area contributed by atoms with E-state index in [0.717, 1.165) is 37.4 Å². The first-order valence-electron chi connectivity index (χ1n) is 10.0. The molecule has 10 heteroatoms. The van der Waals surface area contributed by atoms with Gasteiger partial charge in [-0.3, -0.25) is 9.89 Å². The first kappa shape index (κ1) is 24.8. The number of para-hydroxylation sites is 2. The fourth-order valence-electron chi connectivity index (χ4n) is 4.09. The van der Waals surface area contributed by atoms with Crippen LogP contribution in [-0.4, -0.2) is 76.5 Å². The minimum atomic E-state index is -4.13. The largest absolute Gasteiger partial charge is 0.495 e. The van der Waals surface area contributed by atoms with E-state index in [2.05, 4.69) is 26.6 Å². The summed E-state index contributed by atoms with van der Waals surface area (Å²) in [4.78, 5) is 8.04. The number of likely N-dealkylation sites (tertiary alicyclic amines) is 1. The number of halogens is 4. The lowest BCUT2D eigenvalue weighted by Crippen LogP contribution is -2.46. The van der Waals surface area contributed by atoms with Gasteiger partial charge in [0, 0.05) is 39.3 Å². The van der Waals surface area contributed by atoms with Crippen molar-refractivity contribution < 1.29 is 17.9 Å². The van der Waals surface area contributed by atoms with E-state index in [-0.39, 0.29) is 35.9 Å². The lowest BCUT2D eigenvalue weighted by Gasteiger charge is -2.22. The molecular weight excluding hydrogens is 510 g/mol. The molecule has 2 atom stereocenters. The summed E-state index contributed by atoms with van der Waals surface area (Å²) in [5.74, 6) is 1.76. The van der Waals surface area contributed by atoms with Crippen molar-refractivity contribution in [1.29, 1.82) is 0 Å². The van der Waals surface area contributed by atoms with Crippen LogP contribution in [0.15, 0.2) is 29.3 Å². The standard InChI is InChI=1S/C20H30F3N5O.HI/c1-24-19(25-11-15-7-9-27(12-15)14-20(21,22)23)26-16-8-10-28(13-16)17-5-3-4-6-18(17)29-2;/h3-6,15-16H,7-14H2,1-2H3,(H2,24,25,26);1H.